The quantitative estimate of drug-likeness (QED) is 0.602. The lowest BCUT2D eigenvalue weighted by atomic mass is 10.1. The number of aryl methyl sites for hydroxylation is 2. The number of hydrogen-bond donors (Lipinski definition) is 2. The fourth-order valence-electron chi connectivity index (χ4n) is 1.78. The van der Waals surface area contributed by atoms with Crippen LogP contribution in [0.1, 0.15) is 25.3 Å². The topological polar surface area (TPSA) is 129 Å². The van der Waals surface area contributed by atoms with Gasteiger partial charge in [0.1, 0.15) is 11.5 Å². The number of nitrogens with one attached hydrogen (secondary N) is 1. The van der Waals surface area contributed by atoms with Crippen LogP contribution in [0.15, 0.2) is 20.5 Å². The van der Waals surface area contributed by atoms with Crippen molar-refractivity contribution in [2.75, 3.05) is 11.2 Å². The number of amides is 1. The first-order chi connectivity index (χ1) is 10.8. The van der Waals surface area contributed by atoms with Gasteiger partial charge in [-0.2, -0.15) is 4.68 Å². The van der Waals surface area contributed by atoms with E-state index in [1.807, 2.05) is 13.8 Å². The molecule has 1 amide bonds. The summed E-state index contributed by atoms with van der Waals surface area (Å²) in [6.45, 7) is 7.01. The van der Waals surface area contributed by atoms with E-state index in [1.165, 1.54) is 6.92 Å². The monoisotopic (exact) mass is 338 g/mol. The largest absolute Gasteiger partial charge is 0.360 e. The van der Waals surface area contributed by atoms with Crippen LogP contribution in [0.4, 0.5) is 5.82 Å². The molecule has 9 nitrogen and oxygen atoms in total. The Morgan fingerprint density at radius 2 is 2.09 bits per heavy atom. The summed E-state index contributed by atoms with van der Waals surface area (Å²) >= 11 is 1.07. The Morgan fingerprint density at radius 3 is 2.65 bits per heavy atom. The molecule has 3 N–H and O–H groups in total. The average molecular weight is 338 g/mol. The van der Waals surface area contributed by atoms with Gasteiger partial charge in [0.05, 0.1) is 5.25 Å². The first-order valence-corrected chi connectivity index (χ1v) is 7.79. The first kappa shape index (κ1) is 17.0. The summed E-state index contributed by atoms with van der Waals surface area (Å²) in [7, 11) is 0. The Labute approximate surface area is 136 Å². The van der Waals surface area contributed by atoms with Crippen LogP contribution in [0.2, 0.25) is 0 Å². The first-order valence-electron chi connectivity index (χ1n) is 6.92. The SMILES string of the molecule is Cc1cc(NC(=O)C(Sc2nnc(C)c(=O)n2N)C(C)C)no1. The third kappa shape index (κ3) is 3.89. The number of rotatable bonds is 5. The van der Waals surface area contributed by atoms with E-state index in [4.69, 9.17) is 10.4 Å². The predicted molar refractivity (Wildman–Crippen MR) is 85.5 cm³/mol. The van der Waals surface area contributed by atoms with Gasteiger partial charge in [-0.15, -0.1) is 10.2 Å². The van der Waals surface area contributed by atoms with Crippen molar-refractivity contribution >= 4 is 23.5 Å². The maximum atomic E-state index is 12.4. The normalized spacial score (nSPS) is 12.4. The van der Waals surface area contributed by atoms with Crippen LogP contribution in [0.3, 0.4) is 0 Å². The molecule has 0 spiro atoms. The highest BCUT2D eigenvalue weighted by molar-refractivity contribution is 8.00. The lowest BCUT2D eigenvalue weighted by Crippen LogP contribution is -2.35. The molecule has 2 aromatic heterocycles. The molecule has 0 aliphatic carbocycles. The Kier molecular flexibility index (Phi) is 5.04. The number of carbonyl (C=O) groups is 1. The molecule has 2 heterocycles. The van der Waals surface area contributed by atoms with E-state index in [0.29, 0.717) is 11.6 Å². The van der Waals surface area contributed by atoms with Crippen LogP contribution in [0.25, 0.3) is 0 Å². The van der Waals surface area contributed by atoms with Crippen molar-refractivity contribution in [1.29, 1.82) is 0 Å². The van der Waals surface area contributed by atoms with E-state index in [0.717, 1.165) is 16.4 Å². The summed E-state index contributed by atoms with van der Waals surface area (Å²) in [5.74, 6) is 6.31. The van der Waals surface area contributed by atoms with Crippen LogP contribution in [-0.2, 0) is 4.79 Å². The Hall–Kier alpha value is -2.36. The highest BCUT2D eigenvalue weighted by atomic mass is 32.2. The molecule has 23 heavy (non-hydrogen) atoms. The molecule has 0 aromatic carbocycles. The molecule has 1 atom stereocenters. The summed E-state index contributed by atoms with van der Waals surface area (Å²) < 4.78 is 5.81. The molecule has 0 saturated carbocycles. The van der Waals surface area contributed by atoms with Gasteiger partial charge in [0.15, 0.2) is 5.82 Å². The number of aromatic nitrogens is 4. The van der Waals surface area contributed by atoms with Crippen LogP contribution in [0.5, 0.6) is 0 Å². The maximum Gasteiger partial charge on any atom is 0.294 e. The van der Waals surface area contributed by atoms with Crippen molar-refractivity contribution in [3.05, 3.63) is 27.9 Å². The van der Waals surface area contributed by atoms with Crippen LogP contribution >= 0.6 is 11.8 Å². The summed E-state index contributed by atoms with van der Waals surface area (Å²) in [6.07, 6.45) is 0. The molecule has 0 saturated heterocycles. The second-order valence-electron chi connectivity index (χ2n) is 5.34. The number of nitrogen functional groups attached to an aromatic ring is 1. The predicted octanol–water partition coefficient (Wildman–Crippen LogP) is 0.712. The molecular weight excluding hydrogens is 320 g/mol. The third-order valence-corrected chi connectivity index (χ3v) is 4.50. The summed E-state index contributed by atoms with van der Waals surface area (Å²) in [6, 6.07) is 1.62. The van der Waals surface area contributed by atoms with Crippen LogP contribution < -0.4 is 16.7 Å². The minimum atomic E-state index is -0.529. The minimum absolute atomic E-state index is 0.0359. The second kappa shape index (κ2) is 6.82. The molecule has 0 bridgehead atoms. The van der Waals surface area contributed by atoms with Gasteiger partial charge in [-0.05, 0) is 19.8 Å². The Morgan fingerprint density at radius 1 is 1.39 bits per heavy atom. The van der Waals surface area contributed by atoms with E-state index < -0.39 is 10.8 Å². The summed E-state index contributed by atoms with van der Waals surface area (Å²) in [4.78, 5) is 24.2. The second-order valence-corrected chi connectivity index (χ2v) is 6.45. The zero-order valence-electron chi connectivity index (χ0n) is 13.2. The molecule has 0 aliphatic rings. The summed E-state index contributed by atoms with van der Waals surface area (Å²) in [5, 5.41) is 13.7. The van der Waals surface area contributed by atoms with Gasteiger partial charge >= 0.3 is 0 Å². The van der Waals surface area contributed by atoms with Crippen LogP contribution in [-0.4, -0.2) is 31.2 Å². The van der Waals surface area contributed by atoms with Gasteiger partial charge in [0, 0.05) is 6.07 Å². The molecule has 124 valence electrons. The van der Waals surface area contributed by atoms with Gasteiger partial charge in [-0.1, -0.05) is 30.8 Å². The van der Waals surface area contributed by atoms with Gasteiger partial charge in [0.2, 0.25) is 11.1 Å². The Bertz CT molecular complexity index is 769. The van der Waals surface area contributed by atoms with Crippen molar-refractivity contribution in [2.45, 2.75) is 38.1 Å². The van der Waals surface area contributed by atoms with Gasteiger partial charge in [0.25, 0.3) is 5.56 Å². The molecule has 0 radical (unpaired) electrons. The zero-order valence-corrected chi connectivity index (χ0v) is 14.0. The molecular formula is C13H18N6O3S. The number of nitrogens with zero attached hydrogens (tertiary/aromatic N) is 4. The molecule has 2 rings (SSSR count). The third-order valence-electron chi connectivity index (χ3n) is 3.00. The zero-order chi connectivity index (χ0) is 17.1. The Balaban J connectivity index is 2.20. The molecule has 0 fully saturated rings. The van der Waals surface area contributed by atoms with Crippen molar-refractivity contribution in [3.63, 3.8) is 0 Å². The van der Waals surface area contributed by atoms with Crippen molar-refractivity contribution < 1.29 is 9.32 Å². The molecule has 2 aromatic rings. The number of anilines is 1. The smallest absolute Gasteiger partial charge is 0.294 e. The van der Waals surface area contributed by atoms with E-state index >= 15 is 0 Å². The van der Waals surface area contributed by atoms with Crippen molar-refractivity contribution in [2.24, 2.45) is 5.92 Å². The summed E-state index contributed by atoms with van der Waals surface area (Å²) in [5.41, 5.74) is -0.252. The lowest BCUT2D eigenvalue weighted by Gasteiger charge is -2.19. The molecule has 1 unspecified atom stereocenters. The van der Waals surface area contributed by atoms with E-state index in [1.54, 1.807) is 13.0 Å². The fourth-order valence-corrected chi connectivity index (χ4v) is 2.73. The number of thioether (sulfide) groups is 1. The van der Waals surface area contributed by atoms with Crippen molar-refractivity contribution in [3.8, 4) is 0 Å². The van der Waals surface area contributed by atoms with Gasteiger partial charge < -0.3 is 15.7 Å². The lowest BCUT2D eigenvalue weighted by molar-refractivity contribution is -0.116. The van der Waals surface area contributed by atoms with Gasteiger partial charge in [-0.25, -0.2) is 0 Å². The average Bonchev–Trinajstić information content (AvgIpc) is 2.88. The van der Waals surface area contributed by atoms with Crippen molar-refractivity contribution in [1.82, 2.24) is 20.0 Å². The highest BCUT2D eigenvalue weighted by Crippen LogP contribution is 2.26. The fraction of sp³-hybridized carbons (Fsp3) is 0.462. The minimum Gasteiger partial charge on any atom is -0.360 e. The van der Waals surface area contributed by atoms with Crippen LogP contribution in [0, 0.1) is 19.8 Å². The maximum absolute atomic E-state index is 12.4. The number of carbonyl (C=O) groups excluding carboxylic acids is 1. The molecule has 0 aliphatic heterocycles. The van der Waals surface area contributed by atoms with E-state index in [-0.39, 0.29) is 22.7 Å². The standard InChI is InChI=1S/C13H18N6O3S/c1-6(2)10(11(20)15-9-5-7(3)22-18-9)23-13-17-16-8(4)12(21)19(13)14/h5-6,10H,14H2,1-4H3,(H,15,18,20). The molecule has 10 heteroatoms. The number of nitrogens with two attached hydrogens (primary N) is 1. The van der Waals surface area contributed by atoms with E-state index in [9.17, 15) is 9.59 Å². The number of hydrogen-bond acceptors (Lipinski definition) is 8. The van der Waals surface area contributed by atoms with E-state index in [2.05, 4.69) is 20.7 Å². The van der Waals surface area contributed by atoms with Gasteiger partial charge in [-0.3, -0.25) is 9.59 Å². The highest BCUT2D eigenvalue weighted by Gasteiger charge is 2.26.